The minimum absolute atomic E-state index is 0.0263. The van der Waals surface area contributed by atoms with Gasteiger partial charge < -0.3 is 5.11 Å². The van der Waals surface area contributed by atoms with Crippen LogP contribution in [0.3, 0.4) is 0 Å². The Hall–Kier alpha value is -0.0400. The standard InChI is InChI=1S/C16H34O/c1-3-5-7-8-9-10-11-13-15-16(17)14-12-6-4-2/h16-17H,3-15H2,1-2H3/t16-/m0/s1. The Kier molecular flexibility index (Phi) is 14.0. The SMILES string of the molecule is CCCCCCCCCC[C@@H](O)CCCCC. The van der Waals surface area contributed by atoms with Crippen LogP contribution >= 0.6 is 0 Å². The molecule has 1 N–H and O–H groups in total. The van der Waals surface area contributed by atoms with Crippen molar-refractivity contribution in [2.75, 3.05) is 0 Å². The fourth-order valence-corrected chi connectivity index (χ4v) is 2.29. The molecule has 0 aliphatic heterocycles. The Morgan fingerprint density at radius 2 is 0.941 bits per heavy atom. The van der Waals surface area contributed by atoms with Gasteiger partial charge in [-0.05, 0) is 12.8 Å². The van der Waals surface area contributed by atoms with Gasteiger partial charge in [0.15, 0.2) is 0 Å². The van der Waals surface area contributed by atoms with Crippen LogP contribution in [-0.4, -0.2) is 11.2 Å². The summed E-state index contributed by atoms with van der Waals surface area (Å²) >= 11 is 0. The van der Waals surface area contributed by atoms with Crippen molar-refractivity contribution in [3.63, 3.8) is 0 Å². The molecule has 0 spiro atoms. The normalized spacial score (nSPS) is 12.9. The third kappa shape index (κ3) is 13.9. The van der Waals surface area contributed by atoms with E-state index in [-0.39, 0.29) is 6.10 Å². The number of aliphatic hydroxyl groups excluding tert-OH is 1. The molecule has 0 heterocycles. The summed E-state index contributed by atoms with van der Waals surface area (Å²) < 4.78 is 0. The predicted octanol–water partition coefficient (Wildman–Crippen LogP) is 5.46. The first-order valence-corrected chi connectivity index (χ1v) is 7.99. The summed E-state index contributed by atoms with van der Waals surface area (Å²) in [7, 11) is 0. The van der Waals surface area contributed by atoms with Crippen LogP contribution < -0.4 is 0 Å². The van der Waals surface area contributed by atoms with E-state index in [1.54, 1.807) is 0 Å². The zero-order valence-electron chi connectivity index (χ0n) is 12.2. The highest BCUT2D eigenvalue weighted by Gasteiger charge is 2.02. The largest absolute Gasteiger partial charge is 0.393 e. The van der Waals surface area contributed by atoms with E-state index in [9.17, 15) is 5.11 Å². The van der Waals surface area contributed by atoms with Gasteiger partial charge in [0.05, 0.1) is 6.10 Å². The third-order valence-electron chi connectivity index (χ3n) is 3.53. The smallest absolute Gasteiger partial charge is 0.0540 e. The fourth-order valence-electron chi connectivity index (χ4n) is 2.29. The first-order valence-electron chi connectivity index (χ1n) is 7.99. The van der Waals surface area contributed by atoms with Crippen LogP contribution in [-0.2, 0) is 0 Å². The first-order chi connectivity index (χ1) is 8.31. The van der Waals surface area contributed by atoms with Crippen LogP contribution in [0.25, 0.3) is 0 Å². The Balaban J connectivity index is 3.05. The lowest BCUT2D eigenvalue weighted by molar-refractivity contribution is 0.147. The van der Waals surface area contributed by atoms with Crippen LogP contribution in [0.1, 0.15) is 97.3 Å². The molecule has 0 aliphatic carbocycles. The monoisotopic (exact) mass is 242 g/mol. The van der Waals surface area contributed by atoms with Crippen LogP contribution in [0, 0.1) is 0 Å². The van der Waals surface area contributed by atoms with Gasteiger partial charge in [0.25, 0.3) is 0 Å². The van der Waals surface area contributed by atoms with Crippen molar-refractivity contribution < 1.29 is 5.11 Å². The molecule has 1 nitrogen and oxygen atoms in total. The van der Waals surface area contributed by atoms with Crippen molar-refractivity contribution >= 4 is 0 Å². The van der Waals surface area contributed by atoms with Gasteiger partial charge in [0.1, 0.15) is 0 Å². The fraction of sp³-hybridized carbons (Fsp3) is 1.00. The second kappa shape index (κ2) is 14.0. The van der Waals surface area contributed by atoms with Crippen molar-refractivity contribution in [3.05, 3.63) is 0 Å². The molecule has 0 bridgehead atoms. The Morgan fingerprint density at radius 1 is 0.588 bits per heavy atom. The van der Waals surface area contributed by atoms with Crippen LogP contribution in [0.15, 0.2) is 0 Å². The molecular weight excluding hydrogens is 208 g/mol. The Bertz CT molecular complexity index is 133. The zero-order valence-corrected chi connectivity index (χ0v) is 12.2. The summed E-state index contributed by atoms with van der Waals surface area (Å²) in [5, 5.41) is 9.75. The molecule has 104 valence electrons. The second-order valence-electron chi connectivity index (χ2n) is 5.41. The van der Waals surface area contributed by atoms with Crippen LogP contribution in [0.4, 0.5) is 0 Å². The van der Waals surface area contributed by atoms with Gasteiger partial charge in [-0.15, -0.1) is 0 Å². The summed E-state index contributed by atoms with van der Waals surface area (Å²) in [5.74, 6) is 0. The highest BCUT2D eigenvalue weighted by molar-refractivity contribution is 4.56. The minimum Gasteiger partial charge on any atom is -0.393 e. The highest BCUT2D eigenvalue weighted by Crippen LogP contribution is 2.13. The maximum Gasteiger partial charge on any atom is 0.0540 e. The molecule has 1 heteroatoms. The number of unbranched alkanes of at least 4 members (excludes halogenated alkanes) is 9. The van der Waals surface area contributed by atoms with E-state index in [0.717, 1.165) is 12.8 Å². The van der Waals surface area contributed by atoms with Crippen LogP contribution in [0.2, 0.25) is 0 Å². The molecule has 0 rings (SSSR count). The van der Waals surface area contributed by atoms with Crippen molar-refractivity contribution in [1.82, 2.24) is 0 Å². The molecule has 0 saturated heterocycles. The van der Waals surface area contributed by atoms with E-state index < -0.39 is 0 Å². The molecule has 0 aromatic rings. The number of rotatable bonds is 13. The lowest BCUT2D eigenvalue weighted by atomic mass is 10.0. The van der Waals surface area contributed by atoms with Gasteiger partial charge in [-0.2, -0.15) is 0 Å². The zero-order chi connectivity index (χ0) is 12.8. The molecule has 0 aliphatic rings. The molecule has 17 heavy (non-hydrogen) atoms. The molecule has 0 fully saturated rings. The molecule has 1 atom stereocenters. The maximum atomic E-state index is 9.75. The van der Waals surface area contributed by atoms with E-state index in [1.165, 1.54) is 70.6 Å². The van der Waals surface area contributed by atoms with Crippen molar-refractivity contribution in [3.8, 4) is 0 Å². The topological polar surface area (TPSA) is 20.2 Å². The summed E-state index contributed by atoms with van der Waals surface area (Å²) in [6.45, 7) is 4.48. The number of hydrogen-bond acceptors (Lipinski definition) is 1. The lowest BCUT2D eigenvalue weighted by Crippen LogP contribution is -2.05. The van der Waals surface area contributed by atoms with Crippen molar-refractivity contribution in [1.29, 1.82) is 0 Å². The Labute approximate surface area is 109 Å². The Morgan fingerprint density at radius 3 is 1.47 bits per heavy atom. The number of aliphatic hydroxyl groups is 1. The summed E-state index contributed by atoms with van der Waals surface area (Å²) in [5.41, 5.74) is 0. The average Bonchev–Trinajstić information content (AvgIpc) is 2.33. The van der Waals surface area contributed by atoms with Gasteiger partial charge in [-0.3, -0.25) is 0 Å². The molecule has 0 amide bonds. The molecule has 0 aromatic heterocycles. The van der Waals surface area contributed by atoms with Crippen molar-refractivity contribution in [2.45, 2.75) is 103 Å². The van der Waals surface area contributed by atoms with Gasteiger partial charge in [0, 0.05) is 0 Å². The van der Waals surface area contributed by atoms with Gasteiger partial charge in [-0.1, -0.05) is 84.5 Å². The maximum absolute atomic E-state index is 9.75. The summed E-state index contributed by atoms with van der Waals surface area (Å²) in [6, 6.07) is 0. The second-order valence-corrected chi connectivity index (χ2v) is 5.41. The van der Waals surface area contributed by atoms with Gasteiger partial charge >= 0.3 is 0 Å². The molecule has 0 saturated carbocycles. The quantitative estimate of drug-likeness (QED) is 0.425. The molecular formula is C16H34O. The highest BCUT2D eigenvalue weighted by atomic mass is 16.3. The predicted molar refractivity (Wildman–Crippen MR) is 77.4 cm³/mol. The van der Waals surface area contributed by atoms with Gasteiger partial charge in [0.2, 0.25) is 0 Å². The van der Waals surface area contributed by atoms with E-state index in [1.807, 2.05) is 0 Å². The minimum atomic E-state index is -0.0263. The van der Waals surface area contributed by atoms with Crippen molar-refractivity contribution in [2.24, 2.45) is 0 Å². The number of hydrogen-bond donors (Lipinski definition) is 1. The lowest BCUT2D eigenvalue weighted by Gasteiger charge is -2.09. The summed E-state index contributed by atoms with van der Waals surface area (Å²) in [4.78, 5) is 0. The third-order valence-corrected chi connectivity index (χ3v) is 3.53. The van der Waals surface area contributed by atoms with Crippen LogP contribution in [0.5, 0.6) is 0 Å². The average molecular weight is 242 g/mol. The molecule has 0 aromatic carbocycles. The van der Waals surface area contributed by atoms with E-state index in [0.29, 0.717) is 0 Å². The van der Waals surface area contributed by atoms with E-state index in [2.05, 4.69) is 13.8 Å². The van der Waals surface area contributed by atoms with Gasteiger partial charge in [-0.25, -0.2) is 0 Å². The summed E-state index contributed by atoms with van der Waals surface area (Å²) in [6.07, 6.45) is 16.6. The molecule has 0 radical (unpaired) electrons. The first kappa shape index (κ1) is 17.0. The van der Waals surface area contributed by atoms with E-state index >= 15 is 0 Å². The molecule has 0 unspecified atom stereocenters. The van der Waals surface area contributed by atoms with E-state index in [4.69, 9.17) is 0 Å².